The van der Waals surface area contributed by atoms with E-state index < -0.39 is 0 Å². The van der Waals surface area contributed by atoms with Gasteiger partial charge in [0, 0.05) is 37.8 Å². The first-order valence-corrected chi connectivity index (χ1v) is 8.43. The second kappa shape index (κ2) is 7.49. The fraction of sp³-hybridized carbons (Fsp3) is 0.444. The van der Waals surface area contributed by atoms with E-state index in [1.807, 2.05) is 32.0 Å². The molecule has 1 aromatic carbocycles. The van der Waals surface area contributed by atoms with Gasteiger partial charge in [-0.15, -0.1) is 0 Å². The summed E-state index contributed by atoms with van der Waals surface area (Å²) in [5.74, 6) is 0.407. The van der Waals surface area contributed by atoms with Crippen LogP contribution < -0.4 is 15.0 Å². The van der Waals surface area contributed by atoms with Gasteiger partial charge in [-0.25, -0.2) is 4.79 Å². The number of benzene rings is 1. The number of rotatable bonds is 5. The monoisotopic (exact) mass is 329 g/mol. The molecule has 1 aromatic heterocycles. The second-order valence-electron chi connectivity index (χ2n) is 5.56. The van der Waals surface area contributed by atoms with Crippen LogP contribution in [0.15, 0.2) is 24.4 Å². The van der Waals surface area contributed by atoms with Crippen LogP contribution in [-0.4, -0.2) is 50.3 Å². The van der Waals surface area contributed by atoms with E-state index in [4.69, 9.17) is 9.47 Å². The van der Waals surface area contributed by atoms with E-state index >= 15 is 0 Å². The zero-order chi connectivity index (χ0) is 16.9. The third-order valence-electron chi connectivity index (χ3n) is 4.06. The van der Waals surface area contributed by atoms with Crippen LogP contribution in [-0.2, 0) is 4.74 Å². The van der Waals surface area contributed by atoms with E-state index in [-0.39, 0.29) is 5.97 Å². The first-order chi connectivity index (χ1) is 11.8. The van der Waals surface area contributed by atoms with Crippen LogP contribution in [0.3, 0.4) is 0 Å². The molecule has 0 spiro atoms. The van der Waals surface area contributed by atoms with Crippen molar-refractivity contribution >= 4 is 22.6 Å². The van der Waals surface area contributed by atoms with Gasteiger partial charge in [0.1, 0.15) is 16.8 Å². The minimum absolute atomic E-state index is 0.331. The Morgan fingerprint density at radius 2 is 2.04 bits per heavy atom. The Hall–Kier alpha value is -2.34. The Balaban J connectivity index is 2.18. The Morgan fingerprint density at radius 3 is 2.75 bits per heavy atom. The summed E-state index contributed by atoms with van der Waals surface area (Å²) in [5, 5.41) is 4.26. The zero-order valence-corrected chi connectivity index (χ0v) is 14.2. The van der Waals surface area contributed by atoms with Gasteiger partial charge < -0.3 is 19.7 Å². The molecule has 0 amide bonds. The number of ether oxygens (including phenoxy) is 2. The van der Waals surface area contributed by atoms with Crippen molar-refractivity contribution in [1.29, 1.82) is 0 Å². The van der Waals surface area contributed by atoms with E-state index in [9.17, 15) is 4.79 Å². The summed E-state index contributed by atoms with van der Waals surface area (Å²) >= 11 is 0. The maximum absolute atomic E-state index is 12.4. The summed E-state index contributed by atoms with van der Waals surface area (Å²) in [6, 6.07) is 5.84. The molecule has 128 valence electrons. The van der Waals surface area contributed by atoms with Gasteiger partial charge >= 0.3 is 5.97 Å². The van der Waals surface area contributed by atoms with Gasteiger partial charge in [0.25, 0.3) is 0 Å². The number of pyridine rings is 1. The van der Waals surface area contributed by atoms with E-state index in [0.29, 0.717) is 18.8 Å². The summed E-state index contributed by atoms with van der Waals surface area (Å²) in [7, 11) is 0. The van der Waals surface area contributed by atoms with Crippen molar-refractivity contribution in [3.05, 3.63) is 30.0 Å². The first kappa shape index (κ1) is 16.5. The number of fused-ring (bicyclic) bond motifs is 1. The number of hydrogen-bond acceptors (Lipinski definition) is 6. The summed E-state index contributed by atoms with van der Waals surface area (Å²) in [5.41, 5.74) is 2.18. The highest BCUT2D eigenvalue weighted by Crippen LogP contribution is 2.34. The number of aromatic nitrogens is 1. The van der Waals surface area contributed by atoms with Crippen LogP contribution in [0, 0.1) is 0 Å². The molecule has 3 rings (SSSR count). The van der Waals surface area contributed by atoms with Crippen molar-refractivity contribution < 1.29 is 14.3 Å². The van der Waals surface area contributed by atoms with Crippen LogP contribution in [0.2, 0.25) is 0 Å². The molecular formula is C18H23N3O3. The predicted octanol–water partition coefficient (Wildman–Crippen LogP) is 2.22. The zero-order valence-electron chi connectivity index (χ0n) is 14.2. The maximum atomic E-state index is 12.4. The topological polar surface area (TPSA) is 63.7 Å². The van der Waals surface area contributed by atoms with Crippen molar-refractivity contribution in [2.24, 2.45) is 0 Å². The van der Waals surface area contributed by atoms with Crippen LogP contribution in [0.25, 0.3) is 10.9 Å². The van der Waals surface area contributed by atoms with Gasteiger partial charge in [0.2, 0.25) is 0 Å². The standard InChI is InChI=1S/C18H23N3O3/c1-3-23-15-7-5-6-13-16(15)20-12-14(18(22)24-4-2)17(13)21-10-8-19-9-11-21/h5-7,12,19H,3-4,8-11H2,1-2H3. The Bertz CT molecular complexity index is 727. The first-order valence-electron chi connectivity index (χ1n) is 8.43. The summed E-state index contributed by atoms with van der Waals surface area (Å²) in [6.45, 7) is 8.12. The average Bonchev–Trinajstić information content (AvgIpc) is 2.62. The van der Waals surface area contributed by atoms with Crippen LogP contribution in [0.4, 0.5) is 5.69 Å². The molecule has 6 nitrogen and oxygen atoms in total. The second-order valence-corrected chi connectivity index (χ2v) is 5.56. The lowest BCUT2D eigenvalue weighted by molar-refractivity contribution is 0.0526. The number of nitrogens with one attached hydrogen (secondary N) is 1. The third-order valence-corrected chi connectivity index (χ3v) is 4.06. The molecule has 0 aliphatic carbocycles. The van der Waals surface area contributed by atoms with Crippen LogP contribution in [0.5, 0.6) is 5.75 Å². The Labute approximate surface area is 141 Å². The largest absolute Gasteiger partial charge is 0.492 e. The number of esters is 1. The molecule has 1 aliphatic heterocycles. The third kappa shape index (κ3) is 3.14. The molecule has 1 aliphatic rings. The highest BCUT2D eigenvalue weighted by atomic mass is 16.5. The lowest BCUT2D eigenvalue weighted by atomic mass is 10.1. The van der Waals surface area contributed by atoms with E-state index in [0.717, 1.165) is 48.5 Å². The van der Waals surface area contributed by atoms with Gasteiger partial charge in [-0.05, 0) is 19.9 Å². The lowest BCUT2D eigenvalue weighted by Gasteiger charge is -2.31. The van der Waals surface area contributed by atoms with Gasteiger partial charge in [0.05, 0.1) is 18.9 Å². The Morgan fingerprint density at radius 1 is 1.25 bits per heavy atom. The van der Waals surface area contributed by atoms with E-state index in [1.165, 1.54) is 0 Å². The Kier molecular flexibility index (Phi) is 5.15. The fourth-order valence-corrected chi connectivity index (χ4v) is 3.04. The van der Waals surface area contributed by atoms with Gasteiger partial charge in [-0.3, -0.25) is 4.98 Å². The van der Waals surface area contributed by atoms with Crippen molar-refractivity contribution in [3.8, 4) is 5.75 Å². The van der Waals surface area contributed by atoms with Crippen molar-refractivity contribution in [2.75, 3.05) is 44.3 Å². The van der Waals surface area contributed by atoms with Crippen LogP contribution >= 0.6 is 0 Å². The normalized spacial score (nSPS) is 14.7. The molecule has 6 heteroatoms. The summed E-state index contributed by atoms with van der Waals surface area (Å²) < 4.78 is 10.9. The fourth-order valence-electron chi connectivity index (χ4n) is 3.04. The molecule has 1 saturated heterocycles. The number of nitrogens with zero attached hydrogens (tertiary/aromatic N) is 2. The van der Waals surface area contributed by atoms with Crippen molar-refractivity contribution in [1.82, 2.24) is 10.3 Å². The highest BCUT2D eigenvalue weighted by molar-refractivity contribution is 6.06. The molecule has 0 radical (unpaired) electrons. The average molecular weight is 329 g/mol. The van der Waals surface area contributed by atoms with Crippen molar-refractivity contribution in [2.45, 2.75) is 13.8 Å². The highest BCUT2D eigenvalue weighted by Gasteiger charge is 2.23. The summed E-state index contributed by atoms with van der Waals surface area (Å²) in [4.78, 5) is 19.1. The molecule has 0 bridgehead atoms. The molecule has 2 aromatic rings. The summed E-state index contributed by atoms with van der Waals surface area (Å²) in [6.07, 6.45) is 1.61. The number of anilines is 1. The van der Waals surface area contributed by atoms with E-state index in [2.05, 4.69) is 15.2 Å². The van der Waals surface area contributed by atoms with Crippen LogP contribution in [0.1, 0.15) is 24.2 Å². The van der Waals surface area contributed by atoms with E-state index in [1.54, 1.807) is 6.20 Å². The maximum Gasteiger partial charge on any atom is 0.341 e. The molecule has 0 unspecified atom stereocenters. The molecular weight excluding hydrogens is 306 g/mol. The minimum Gasteiger partial charge on any atom is -0.492 e. The van der Waals surface area contributed by atoms with Gasteiger partial charge in [0.15, 0.2) is 0 Å². The number of carbonyl (C=O) groups is 1. The van der Waals surface area contributed by atoms with Gasteiger partial charge in [-0.2, -0.15) is 0 Å². The molecule has 2 heterocycles. The molecule has 1 fully saturated rings. The number of para-hydroxylation sites is 1. The minimum atomic E-state index is -0.331. The SMILES string of the molecule is CCOC(=O)c1cnc2c(OCC)cccc2c1N1CCNCC1. The number of hydrogen-bond donors (Lipinski definition) is 1. The quantitative estimate of drug-likeness (QED) is 0.849. The predicted molar refractivity (Wildman–Crippen MR) is 94.0 cm³/mol. The molecule has 0 saturated carbocycles. The number of carbonyl (C=O) groups excluding carboxylic acids is 1. The molecule has 0 atom stereocenters. The van der Waals surface area contributed by atoms with Crippen molar-refractivity contribution in [3.63, 3.8) is 0 Å². The molecule has 1 N–H and O–H groups in total. The van der Waals surface area contributed by atoms with Gasteiger partial charge in [-0.1, -0.05) is 12.1 Å². The smallest absolute Gasteiger partial charge is 0.341 e. The lowest BCUT2D eigenvalue weighted by Crippen LogP contribution is -2.44. The molecule has 24 heavy (non-hydrogen) atoms. The number of piperazine rings is 1.